The van der Waals surface area contributed by atoms with Crippen LogP contribution >= 0.6 is 0 Å². The molecule has 0 aliphatic carbocycles. The maximum Gasteiger partial charge on any atom is 0.389 e. The minimum atomic E-state index is -4.39. The summed E-state index contributed by atoms with van der Waals surface area (Å²) in [5.41, 5.74) is -0.231. The zero-order chi connectivity index (χ0) is 16.3. The monoisotopic (exact) mass is 326 g/mol. The molecule has 1 aliphatic heterocycles. The molecule has 1 N–H and O–H groups in total. The average molecular weight is 326 g/mol. The zero-order valence-corrected chi connectivity index (χ0v) is 11.7. The Morgan fingerprint density at radius 2 is 1.68 bits per heavy atom. The van der Waals surface area contributed by atoms with Gasteiger partial charge in [-0.15, -0.1) is 0 Å². The number of hydrogen-bond acceptors (Lipinski definition) is 2. The molecular weight excluding hydrogens is 310 g/mol. The second-order valence-electron chi connectivity index (χ2n) is 5.22. The van der Waals surface area contributed by atoms with Crippen LogP contribution in [0.4, 0.5) is 26.3 Å². The second kappa shape index (κ2) is 6.87. The maximum atomic E-state index is 13.9. The zero-order valence-electron chi connectivity index (χ0n) is 11.7. The lowest BCUT2D eigenvalue weighted by atomic mass is 9.98. The van der Waals surface area contributed by atoms with Crippen LogP contribution in [0.5, 0.6) is 0 Å². The quantitative estimate of drug-likeness (QED) is 0.674. The topological polar surface area (TPSA) is 15.3 Å². The van der Waals surface area contributed by atoms with Gasteiger partial charge in [0.2, 0.25) is 0 Å². The molecule has 0 bridgehead atoms. The van der Waals surface area contributed by atoms with Crippen molar-refractivity contribution in [2.75, 3.05) is 26.2 Å². The molecule has 22 heavy (non-hydrogen) atoms. The molecule has 0 amide bonds. The molecule has 1 fully saturated rings. The Kier molecular flexibility index (Phi) is 5.33. The predicted octanol–water partition coefficient (Wildman–Crippen LogP) is 3.39. The van der Waals surface area contributed by atoms with Gasteiger partial charge in [0, 0.05) is 44.2 Å². The fourth-order valence-electron chi connectivity index (χ4n) is 2.63. The Balaban J connectivity index is 2.28. The van der Waals surface area contributed by atoms with Crippen LogP contribution in [0, 0.1) is 17.5 Å². The van der Waals surface area contributed by atoms with Gasteiger partial charge in [0.15, 0.2) is 17.5 Å². The molecule has 8 heteroatoms. The van der Waals surface area contributed by atoms with Crippen molar-refractivity contribution in [1.29, 1.82) is 0 Å². The molecule has 0 unspecified atom stereocenters. The molecule has 0 spiro atoms. The number of nitrogens with one attached hydrogen (secondary N) is 1. The molecule has 0 aromatic heterocycles. The molecule has 1 saturated heterocycles. The first-order valence-corrected chi connectivity index (χ1v) is 6.94. The third-order valence-corrected chi connectivity index (χ3v) is 3.72. The van der Waals surface area contributed by atoms with E-state index in [0.717, 1.165) is 12.1 Å². The van der Waals surface area contributed by atoms with Gasteiger partial charge < -0.3 is 5.32 Å². The van der Waals surface area contributed by atoms with E-state index in [0.29, 0.717) is 26.2 Å². The second-order valence-corrected chi connectivity index (χ2v) is 5.22. The van der Waals surface area contributed by atoms with Crippen molar-refractivity contribution in [3.05, 3.63) is 35.1 Å². The smallest absolute Gasteiger partial charge is 0.314 e. The van der Waals surface area contributed by atoms with Crippen molar-refractivity contribution >= 4 is 0 Å². The molecule has 0 radical (unpaired) electrons. The molecule has 1 aromatic rings. The van der Waals surface area contributed by atoms with Crippen LogP contribution in [0.3, 0.4) is 0 Å². The summed E-state index contributed by atoms with van der Waals surface area (Å²) >= 11 is 0. The van der Waals surface area contributed by atoms with E-state index in [9.17, 15) is 26.3 Å². The first-order chi connectivity index (χ1) is 10.3. The molecule has 2 rings (SSSR count). The van der Waals surface area contributed by atoms with E-state index in [4.69, 9.17) is 0 Å². The highest BCUT2D eigenvalue weighted by Gasteiger charge is 2.33. The van der Waals surface area contributed by atoms with Crippen molar-refractivity contribution < 1.29 is 26.3 Å². The van der Waals surface area contributed by atoms with Crippen LogP contribution in [0.15, 0.2) is 12.1 Å². The number of rotatable bonds is 4. The third-order valence-electron chi connectivity index (χ3n) is 3.72. The summed E-state index contributed by atoms with van der Waals surface area (Å²) in [4.78, 5) is 1.66. The number of benzene rings is 1. The van der Waals surface area contributed by atoms with Gasteiger partial charge >= 0.3 is 6.18 Å². The summed E-state index contributed by atoms with van der Waals surface area (Å²) < 4.78 is 77.8. The first kappa shape index (κ1) is 17.1. The highest BCUT2D eigenvalue weighted by molar-refractivity contribution is 5.24. The Bertz CT molecular complexity index is 511. The van der Waals surface area contributed by atoms with Crippen LogP contribution in [-0.4, -0.2) is 37.3 Å². The summed E-state index contributed by atoms with van der Waals surface area (Å²) in [5, 5.41) is 3.04. The highest BCUT2D eigenvalue weighted by atomic mass is 19.4. The number of alkyl halides is 3. The van der Waals surface area contributed by atoms with E-state index in [2.05, 4.69) is 5.32 Å². The number of piperazine rings is 1. The lowest BCUT2D eigenvalue weighted by molar-refractivity contribution is -0.138. The molecular formula is C14H16F6N2. The normalized spacial score (nSPS) is 18.5. The lowest BCUT2D eigenvalue weighted by Crippen LogP contribution is -2.45. The van der Waals surface area contributed by atoms with Crippen molar-refractivity contribution in [3.63, 3.8) is 0 Å². The third kappa shape index (κ3) is 4.13. The van der Waals surface area contributed by atoms with Gasteiger partial charge in [-0.1, -0.05) is 6.07 Å². The molecule has 1 aliphatic rings. The van der Waals surface area contributed by atoms with E-state index < -0.39 is 42.5 Å². The van der Waals surface area contributed by atoms with Crippen molar-refractivity contribution in [3.8, 4) is 0 Å². The standard InChI is InChI=1S/C14H16F6N2/c15-10-2-1-9(12(16)13(10)17)11(3-4-14(18,19)20)22-7-5-21-6-8-22/h1-2,11,21H,3-8H2/t11-/m0/s1. The van der Waals surface area contributed by atoms with Crippen molar-refractivity contribution in [2.45, 2.75) is 25.1 Å². The summed E-state index contributed by atoms with van der Waals surface area (Å²) in [7, 11) is 0. The predicted molar refractivity (Wildman–Crippen MR) is 68.8 cm³/mol. The van der Waals surface area contributed by atoms with Crippen molar-refractivity contribution in [2.24, 2.45) is 0 Å². The van der Waals surface area contributed by atoms with Gasteiger partial charge in [-0.05, 0) is 12.5 Å². The maximum absolute atomic E-state index is 13.9. The Morgan fingerprint density at radius 1 is 1.05 bits per heavy atom. The number of hydrogen-bond donors (Lipinski definition) is 1. The lowest BCUT2D eigenvalue weighted by Gasteiger charge is -2.35. The van der Waals surface area contributed by atoms with Gasteiger partial charge in [-0.3, -0.25) is 4.90 Å². The number of nitrogens with zero attached hydrogens (tertiary/aromatic N) is 1. The van der Waals surface area contributed by atoms with Gasteiger partial charge in [-0.25, -0.2) is 13.2 Å². The molecule has 1 atom stereocenters. The van der Waals surface area contributed by atoms with Crippen LogP contribution in [-0.2, 0) is 0 Å². The van der Waals surface area contributed by atoms with Crippen molar-refractivity contribution in [1.82, 2.24) is 10.2 Å². The van der Waals surface area contributed by atoms with Crippen LogP contribution < -0.4 is 5.32 Å². The summed E-state index contributed by atoms with van der Waals surface area (Å²) in [6, 6.07) is 0.840. The fourth-order valence-corrected chi connectivity index (χ4v) is 2.63. The minimum Gasteiger partial charge on any atom is -0.314 e. The molecule has 1 aromatic carbocycles. The Hall–Kier alpha value is -1.28. The van der Waals surface area contributed by atoms with E-state index in [1.807, 2.05) is 0 Å². The van der Waals surface area contributed by atoms with Gasteiger partial charge in [0.25, 0.3) is 0 Å². The Morgan fingerprint density at radius 3 is 2.27 bits per heavy atom. The molecule has 124 valence electrons. The molecule has 2 nitrogen and oxygen atoms in total. The number of halogens is 6. The van der Waals surface area contributed by atoms with E-state index in [1.54, 1.807) is 4.90 Å². The molecule has 1 heterocycles. The van der Waals surface area contributed by atoms with E-state index in [-0.39, 0.29) is 5.56 Å². The van der Waals surface area contributed by atoms with Crippen LogP contribution in [0.1, 0.15) is 24.4 Å². The van der Waals surface area contributed by atoms with E-state index in [1.165, 1.54) is 0 Å². The largest absolute Gasteiger partial charge is 0.389 e. The summed E-state index contributed by atoms with van der Waals surface area (Å²) in [6.07, 6.45) is -5.90. The Labute approximate surface area is 124 Å². The van der Waals surface area contributed by atoms with Crippen LogP contribution in [0.2, 0.25) is 0 Å². The summed E-state index contributed by atoms with van der Waals surface area (Å²) in [6.45, 7) is 1.93. The molecule has 0 saturated carbocycles. The minimum absolute atomic E-state index is 0.231. The first-order valence-electron chi connectivity index (χ1n) is 6.94. The fraction of sp³-hybridized carbons (Fsp3) is 0.571. The SMILES string of the molecule is Fc1ccc([C@H](CCC(F)(F)F)N2CCNCC2)c(F)c1F. The highest BCUT2D eigenvalue weighted by Crippen LogP contribution is 2.33. The van der Waals surface area contributed by atoms with Gasteiger partial charge in [0.1, 0.15) is 0 Å². The summed E-state index contributed by atoms with van der Waals surface area (Å²) in [5.74, 6) is -4.41. The van der Waals surface area contributed by atoms with Gasteiger partial charge in [-0.2, -0.15) is 13.2 Å². The average Bonchev–Trinajstić information content (AvgIpc) is 2.47. The van der Waals surface area contributed by atoms with E-state index >= 15 is 0 Å². The van der Waals surface area contributed by atoms with Gasteiger partial charge in [0.05, 0.1) is 0 Å². The van der Waals surface area contributed by atoms with Crippen LogP contribution in [0.25, 0.3) is 0 Å².